The molecule has 0 heterocycles. The molecule has 0 radical (unpaired) electrons. The van der Waals surface area contributed by atoms with Crippen molar-refractivity contribution in [3.63, 3.8) is 0 Å². The van der Waals surface area contributed by atoms with E-state index in [-0.39, 0.29) is 4.90 Å². The summed E-state index contributed by atoms with van der Waals surface area (Å²) in [6.07, 6.45) is 0. The summed E-state index contributed by atoms with van der Waals surface area (Å²) in [6.45, 7) is 4.00. The second kappa shape index (κ2) is 5.19. The van der Waals surface area contributed by atoms with Crippen LogP contribution in [0.2, 0.25) is 0 Å². The summed E-state index contributed by atoms with van der Waals surface area (Å²) in [5, 5.41) is 0. The summed E-state index contributed by atoms with van der Waals surface area (Å²) in [7, 11) is 1.14. The lowest BCUT2D eigenvalue weighted by atomic mass is 10.4. The van der Waals surface area contributed by atoms with Gasteiger partial charge in [-0.25, -0.2) is 12.8 Å². The minimum absolute atomic E-state index is 0.223. The Hall–Kier alpha value is -0.610. The van der Waals surface area contributed by atoms with Crippen molar-refractivity contribution in [2.45, 2.75) is 18.7 Å². The average Bonchev–Trinajstić information content (AvgIpc) is 2.06. The Morgan fingerprint density at radius 1 is 1.31 bits per heavy atom. The quantitative estimate of drug-likeness (QED) is 0.688. The van der Waals surface area contributed by atoms with Crippen LogP contribution in [0.3, 0.4) is 0 Å². The van der Waals surface area contributed by atoms with E-state index >= 15 is 0 Å². The topological polar surface area (TPSA) is 34.1 Å². The molecule has 1 rings (SSSR count). The molecule has 0 N–H and O–H groups in total. The molecule has 0 fully saturated rings. The molecule has 0 atom stereocenters. The summed E-state index contributed by atoms with van der Waals surface area (Å²) >= 11 is 0. The van der Waals surface area contributed by atoms with Gasteiger partial charge >= 0.3 is 0 Å². The minimum Gasteiger partial charge on any atom is -0.207 e. The van der Waals surface area contributed by atoms with Gasteiger partial charge in [0.1, 0.15) is 5.82 Å². The van der Waals surface area contributed by atoms with Gasteiger partial charge in [-0.2, -0.15) is 0 Å². The van der Waals surface area contributed by atoms with Crippen LogP contribution in [0.15, 0.2) is 29.2 Å². The molecular formula is C8H10ClFO2S. The summed E-state index contributed by atoms with van der Waals surface area (Å²) in [5.74, 6) is -0.619. The molecule has 0 bridgehead atoms. The summed E-state index contributed by atoms with van der Waals surface area (Å²) in [5.41, 5.74) is 0. The molecule has 0 aromatic heterocycles. The van der Waals surface area contributed by atoms with Crippen molar-refractivity contribution in [2.24, 2.45) is 0 Å². The predicted molar refractivity (Wildman–Crippen MR) is 50.8 cm³/mol. The first kappa shape index (κ1) is 12.4. The highest BCUT2D eigenvalue weighted by atomic mass is 35.7. The van der Waals surface area contributed by atoms with Crippen LogP contribution < -0.4 is 0 Å². The third kappa shape index (κ3) is 4.24. The molecule has 0 aliphatic heterocycles. The average molecular weight is 225 g/mol. The first-order valence-electron chi connectivity index (χ1n) is 3.70. The van der Waals surface area contributed by atoms with Crippen molar-refractivity contribution in [2.75, 3.05) is 0 Å². The number of hydrogen-bond donors (Lipinski definition) is 0. The van der Waals surface area contributed by atoms with Crippen molar-refractivity contribution < 1.29 is 12.8 Å². The van der Waals surface area contributed by atoms with Gasteiger partial charge in [-0.1, -0.05) is 19.9 Å². The summed E-state index contributed by atoms with van der Waals surface area (Å²) in [4.78, 5) is -0.223. The van der Waals surface area contributed by atoms with E-state index in [4.69, 9.17) is 10.7 Å². The fraction of sp³-hybridized carbons (Fsp3) is 0.250. The zero-order chi connectivity index (χ0) is 10.5. The minimum atomic E-state index is -3.79. The molecule has 1 aromatic rings. The van der Waals surface area contributed by atoms with Gasteiger partial charge in [0, 0.05) is 10.7 Å². The highest BCUT2D eigenvalue weighted by Crippen LogP contribution is 2.14. The highest BCUT2D eigenvalue weighted by Gasteiger charge is 2.09. The van der Waals surface area contributed by atoms with Crippen LogP contribution in [-0.4, -0.2) is 8.42 Å². The highest BCUT2D eigenvalue weighted by molar-refractivity contribution is 8.13. The molecular weight excluding hydrogens is 215 g/mol. The van der Waals surface area contributed by atoms with Gasteiger partial charge in [0.05, 0.1) is 4.90 Å². The van der Waals surface area contributed by atoms with Crippen molar-refractivity contribution in [1.29, 1.82) is 0 Å². The fourth-order valence-corrected chi connectivity index (χ4v) is 1.40. The lowest BCUT2D eigenvalue weighted by molar-refractivity contribution is 0.602. The maximum atomic E-state index is 12.4. The van der Waals surface area contributed by atoms with Crippen molar-refractivity contribution >= 4 is 19.7 Å². The number of hydrogen-bond acceptors (Lipinski definition) is 2. The first-order chi connectivity index (χ1) is 6.00. The van der Waals surface area contributed by atoms with Gasteiger partial charge in [-0.05, 0) is 18.2 Å². The number of benzene rings is 1. The molecule has 0 saturated carbocycles. The van der Waals surface area contributed by atoms with Crippen molar-refractivity contribution in [1.82, 2.24) is 0 Å². The van der Waals surface area contributed by atoms with E-state index in [0.717, 1.165) is 12.1 Å². The van der Waals surface area contributed by atoms with Crippen LogP contribution in [0.1, 0.15) is 13.8 Å². The molecule has 2 nitrogen and oxygen atoms in total. The zero-order valence-corrected chi connectivity index (χ0v) is 8.86. The van der Waals surface area contributed by atoms with Crippen molar-refractivity contribution in [3.8, 4) is 0 Å². The second-order valence-electron chi connectivity index (χ2n) is 1.90. The van der Waals surface area contributed by atoms with E-state index in [0.29, 0.717) is 0 Å². The van der Waals surface area contributed by atoms with Gasteiger partial charge in [0.25, 0.3) is 9.05 Å². The van der Waals surface area contributed by atoms with E-state index < -0.39 is 14.9 Å². The Balaban J connectivity index is 0.000000671. The molecule has 0 saturated heterocycles. The molecule has 0 unspecified atom stereocenters. The maximum absolute atomic E-state index is 12.4. The standard InChI is InChI=1S/C6H4ClFO2S.C2H6/c7-11(9,10)6-3-1-2-5(8)4-6;1-2/h1-4H;1-2H3. The van der Waals surface area contributed by atoms with E-state index in [2.05, 4.69) is 0 Å². The Kier molecular flexibility index (Phi) is 4.95. The SMILES string of the molecule is CC.O=S(=O)(Cl)c1cccc(F)c1. The van der Waals surface area contributed by atoms with E-state index in [1.807, 2.05) is 13.8 Å². The molecule has 0 spiro atoms. The van der Waals surface area contributed by atoms with Gasteiger partial charge < -0.3 is 0 Å². The van der Waals surface area contributed by atoms with Gasteiger partial charge in [0.2, 0.25) is 0 Å². The largest absolute Gasteiger partial charge is 0.261 e. The lowest BCUT2D eigenvalue weighted by Gasteiger charge is -1.93. The van der Waals surface area contributed by atoms with Gasteiger partial charge in [0.15, 0.2) is 0 Å². The predicted octanol–water partition coefficient (Wildman–Crippen LogP) is 2.78. The van der Waals surface area contributed by atoms with E-state index in [1.165, 1.54) is 12.1 Å². The molecule has 0 aliphatic carbocycles. The van der Waals surface area contributed by atoms with Crippen LogP contribution in [0, 0.1) is 5.82 Å². The van der Waals surface area contributed by atoms with Crippen LogP contribution >= 0.6 is 10.7 Å². The Morgan fingerprint density at radius 2 is 1.85 bits per heavy atom. The third-order valence-corrected chi connectivity index (χ3v) is 2.43. The first-order valence-corrected chi connectivity index (χ1v) is 6.01. The van der Waals surface area contributed by atoms with Crippen LogP contribution in [0.25, 0.3) is 0 Å². The monoisotopic (exact) mass is 224 g/mol. The third-order valence-electron chi connectivity index (χ3n) is 1.08. The Labute approximate surface area is 81.8 Å². The number of rotatable bonds is 1. The van der Waals surface area contributed by atoms with Crippen LogP contribution in [-0.2, 0) is 9.05 Å². The molecule has 74 valence electrons. The normalized spacial score (nSPS) is 10.2. The molecule has 1 aromatic carbocycles. The second-order valence-corrected chi connectivity index (χ2v) is 4.46. The lowest BCUT2D eigenvalue weighted by Crippen LogP contribution is -1.90. The zero-order valence-electron chi connectivity index (χ0n) is 7.29. The Bertz CT molecular complexity index is 362. The fourth-order valence-electron chi connectivity index (χ4n) is 0.619. The van der Waals surface area contributed by atoms with Crippen LogP contribution in [0.5, 0.6) is 0 Å². The summed E-state index contributed by atoms with van der Waals surface area (Å²) < 4.78 is 33.5. The van der Waals surface area contributed by atoms with E-state index in [1.54, 1.807) is 0 Å². The summed E-state index contributed by atoms with van der Waals surface area (Å²) in [6, 6.07) is 4.52. The molecule has 0 amide bonds. The molecule has 5 heteroatoms. The van der Waals surface area contributed by atoms with Gasteiger partial charge in [-0.3, -0.25) is 0 Å². The van der Waals surface area contributed by atoms with Crippen molar-refractivity contribution in [3.05, 3.63) is 30.1 Å². The maximum Gasteiger partial charge on any atom is 0.261 e. The van der Waals surface area contributed by atoms with Gasteiger partial charge in [-0.15, -0.1) is 0 Å². The smallest absolute Gasteiger partial charge is 0.207 e. The van der Waals surface area contributed by atoms with Crippen LogP contribution in [0.4, 0.5) is 4.39 Å². The number of halogens is 2. The van der Waals surface area contributed by atoms with E-state index in [9.17, 15) is 12.8 Å². The molecule has 0 aliphatic rings. The Morgan fingerprint density at radius 3 is 2.15 bits per heavy atom. The molecule has 13 heavy (non-hydrogen) atoms.